The minimum absolute atomic E-state index is 0.129. The summed E-state index contributed by atoms with van der Waals surface area (Å²) >= 11 is 0. The van der Waals surface area contributed by atoms with Gasteiger partial charge in [0, 0.05) is 5.57 Å². The first-order valence-electron chi connectivity index (χ1n) is 7.28. The molecule has 1 aromatic rings. The average molecular weight is 272 g/mol. The second kappa shape index (κ2) is 5.70. The quantitative estimate of drug-likeness (QED) is 0.787. The van der Waals surface area contributed by atoms with E-state index >= 15 is 0 Å². The van der Waals surface area contributed by atoms with E-state index < -0.39 is 0 Å². The van der Waals surface area contributed by atoms with Crippen LogP contribution in [0.2, 0.25) is 0 Å². The molecule has 1 fully saturated rings. The molecule has 0 bridgehead atoms. The summed E-state index contributed by atoms with van der Waals surface area (Å²) in [5, 5.41) is 0. The van der Waals surface area contributed by atoms with Crippen LogP contribution < -0.4 is 4.74 Å². The lowest BCUT2D eigenvalue weighted by Gasteiger charge is -2.40. The molecule has 0 heterocycles. The van der Waals surface area contributed by atoms with E-state index in [1.807, 2.05) is 24.3 Å². The largest absolute Gasteiger partial charge is 0.497 e. The van der Waals surface area contributed by atoms with Crippen molar-refractivity contribution in [2.24, 2.45) is 11.8 Å². The molecule has 0 aliphatic heterocycles. The van der Waals surface area contributed by atoms with Crippen molar-refractivity contribution >= 4 is 5.97 Å². The number of fused-ring (bicyclic) bond motifs is 1. The molecule has 3 nitrogen and oxygen atoms in total. The standard InChI is InChI=1S/C17H20O3/c1-19-14-8-5-12(6-9-14)11-20-17(18)16-4-2-3-13-7-10-15(13)16/h4-6,8-9,13,15H,2-3,7,10-11H2,1H3. The Morgan fingerprint density at radius 3 is 2.65 bits per heavy atom. The molecule has 2 unspecified atom stereocenters. The van der Waals surface area contributed by atoms with Crippen LogP contribution in [0.1, 0.15) is 31.2 Å². The number of carbonyl (C=O) groups excluding carboxylic acids is 1. The number of benzene rings is 1. The van der Waals surface area contributed by atoms with E-state index in [9.17, 15) is 4.79 Å². The Balaban J connectivity index is 1.57. The molecule has 0 spiro atoms. The zero-order chi connectivity index (χ0) is 13.9. The molecular formula is C17H20O3. The summed E-state index contributed by atoms with van der Waals surface area (Å²) in [5.41, 5.74) is 1.90. The van der Waals surface area contributed by atoms with Gasteiger partial charge in [0.2, 0.25) is 0 Å². The maximum Gasteiger partial charge on any atom is 0.334 e. The van der Waals surface area contributed by atoms with Crippen LogP contribution in [-0.2, 0) is 16.1 Å². The minimum atomic E-state index is -0.129. The first-order chi connectivity index (χ1) is 9.78. The van der Waals surface area contributed by atoms with Crippen LogP contribution in [0.3, 0.4) is 0 Å². The lowest BCUT2D eigenvalue weighted by Crippen LogP contribution is -2.33. The molecular weight excluding hydrogens is 252 g/mol. The number of carbonyl (C=O) groups is 1. The molecule has 0 radical (unpaired) electrons. The summed E-state index contributed by atoms with van der Waals surface area (Å²) in [7, 11) is 1.64. The second-order valence-corrected chi connectivity index (χ2v) is 5.60. The number of methoxy groups -OCH3 is 1. The van der Waals surface area contributed by atoms with Gasteiger partial charge in [0.1, 0.15) is 12.4 Å². The van der Waals surface area contributed by atoms with Crippen LogP contribution in [0.25, 0.3) is 0 Å². The summed E-state index contributed by atoms with van der Waals surface area (Å²) in [6.07, 6.45) is 6.76. The zero-order valence-corrected chi connectivity index (χ0v) is 11.8. The predicted molar refractivity (Wildman–Crippen MR) is 76.3 cm³/mol. The number of ether oxygens (including phenoxy) is 2. The fourth-order valence-electron chi connectivity index (χ4n) is 3.12. The SMILES string of the molecule is COc1ccc(COC(=O)C2=CCCC3CCC23)cc1. The van der Waals surface area contributed by atoms with Gasteiger partial charge in [0.15, 0.2) is 0 Å². The Morgan fingerprint density at radius 1 is 1.20 bits per heavy atom. The van der Waals surface area contributed by atoms with Gasteiger partial charge in [-0.2, -0.15) is 0 Å². The van der Waals surface area contributed by atoms with Crippen LogP contribution in [0.5, 0.6) is 5.75 Å². The third-order valence-electron chi connectivity index (χ3n) is 4.48. The van der Waals surface area contributed by atoms with E-state index in [0.717, 1.165) is 35.6 Å². The normalized spacial score (nSPS) is 24.1. The van der Waals surface area contributed by atoms with E-state index in [2.05, 4.69) is 6.08 Å². The summed E-state index contributed by atoms with van der Waals surface area (Å²) in [6.45, 7) is 0.331. The second-order valence-electron chi connectivity index (χ2n) is 5.60. The third kappa shape index (κ3) is 2.58. The number of hydrogen-bond donors (Lipinski definition) is 0. The minimum Gasteiger partial charge on any atom is -0.497 e. The molecule has 0 N–H and O–H groups in total. The van der Waals surface area contributed by atoms with Crippen LogP contribution in [0, 0.1) is 11.8 Å². The van der Waals surface area contributed by atoms with Gasteiger partial charge < -0.3 is 9.47 Å². The van der Waals surface area contributed by atoms with E-state index in [4.69, 9.17) is 9.47 Å². The number of allylic oxidation sites excluding steroid dienone is 1. The maximum atomic E-state index is 12.2. The summed E-state index contributed by atoms with van der Waals surface area (Å²) in [5.74, 6) is 1.87. The van der Waals surface area contributed by atoms with Crippen molar-refractivity contribution in [2.45, 2.75) is 32.3 Å². The summed E-state index contributed by atoms with van der Waals surface area (Å²) in [6, 6.07) is 7.61. The average Bonchev–Trinajstić information content (AvgIpc) is 2.46. The molecule has 106 valence electrons. The van der Waals surface area contributed by atoms with E-state index in [1.165, 1.54) is 12.8 Å². The Morgan fingerprint density at radius 2 is 2.00 bits per heavy atom. The lowest BCUT2D eigenvalue weighted by molar-refractivity contribution is -0.141. The molecule has 0 saturated heterocycles. The number of esters is 1. The highest BCUT2D eigenvalue weighted by Crippen LogP contribution is 2.45. The fraction of sp³-hybridized carbons (Fsp3) is 0.471. The first kappa shape index (κ1) is 13.2. The molecule has 2 aliphatic rings. The van der Waals surface area contributed by atoms with Crippen molar-refractivity contribution in [3.05, 3.63) is 41.5 Å². The van der Waals surface area contributed by atoms with Crippen molar-refractivity contribution in [3.63, 3.8) is 0 Å². The smallest absolute Gasteiger partial charge is 0.334 e. The van der Waals surface area contributed by atoms with Gasteiger partial charge in [-0.3, -0.25) is 0 Å². The molecule has 1 aromatic carbocycles. The number of hydrogen-bond acceptors (Lipinski definition) is 3. The molecule has 0 aromatic heterocycles. The summed E-state index contributed by atoms with van der Waals surface area (Å²) in [4.78, 5) is 12.2. The Labute approximate surface area is 119 Å². The molecule has 3 heteroatoms. The molecule has 1 saturated carbocycles. The van der Waals surface area contributed by atoms with E-state index in [0.29, 0.717) is 12.5 Å². The highest BCUT2D eigenvalue weighted by atomic mass is 16.5. The first-order valence-corrected chi connectivity index (χ1v) is 7.28. The lowest BCUT2D eigenvalue weighted by atomic mass is 9.65. The Hall–Kier alpha value is -1.77. The van der Waals surface area contributed by atoms with Gasteiger partial charge in [-0.05, 0) is 55.2 Å². The highest BCUT2D eigenvalue weighted by molar-refractivity contribution is 5.89. The van der Waals surface area contributed by atoms with Crippen LogP contribution in [0.4, 0.5) is 0 Å². The Kier molecular flexibility index (Phi) is 3.77. The van der Waals surface area contributed by atoms with Crippen molar-refractivity contribution in [1.82, 2.24) is 0 Å². The topological polar surface area (TPSA) is 35.5 Å². The fourth-order valence-corrected chi connectivity index (χ4v) is 3.12. The van der Waals surface area contributed by atoms with Crippen molar-refractivity contribution < 1.29 is 14.3 Å². The van der Waals surface area contributed by atoms with E-state index in [-0.39, 0.29) is 5.97 Å². The van der Waals surface area contributed by atoms with Crippen molar-refractivity contribution in [3.8, 4) is 5.75 Å². The van der Waals surface area contributed by atoms with Crippen LogP contribution in [-0.4, -0.2) is 13.1 Å². The monoisotopic (exact) mass is 272 g/mol. The van der Waals surface area contributed by atoms with Crippen LogP contribution >= 0.6 is 0 Å². The Bertz CT molecular complexity index is 516. The van der Waals surface area contributed by atoms with Gasteiger partial charge in [-0.1, -0.05) is 18.2 Å². The van der Waals surface area contributed by atoms with Crippen molar-refractivity contribution in [1.29, 1.82) is 0 Å². The maximum absolute atomic E-state index is 12.2. The van der Waals surface area contributed by atoms with Gasteiger partial charge >= 0.3 is 5.97 Å². The van der Waals surface area contributed by atoms with Gasteiger partial charge in [-0.25, -0.2) is 4.79 Å². The van der Waals surface area contributed by atoms with Crippen molar-refractivity contribution in [2.75, 3.05) is 7.11 Å². The van der Waals surface area contributed by atoms with Gasteiger partial charge in [0.05, 0.1) is 7.11 Å². The highest BCUT2D eigenvalue weighted by Gasteiger charge is 2.38. The molecule has 20 heavy (non-hydrogen) atoms. The number of rotatable bonds is 4. The van der Waals surface area contributed by atoms with Gasteiger partial charge in [-0.15, -0.1) is 0 Å². The molecule has 0 amide bonds. The summed E-state index contributed by atoms with van der Waals surface area (Å²) < 4.78 is 10.6. The molecule has 3 rings (SSSR count). The molecule has 2 aliphatic carbocycles. The van der Waals surface area contributed by atoms with E-state index in [1.54, 1.807) is 7.11 Å². The zero-order valence-electron chi connectivity index (χ0n) is 11.8. The van der Waals surface area contributed by atoms with Crippen LogP contribution in [0.15, 0.2) is 35.9 Å². The van der Waals surface area contributed by atoms with Gasteiger partial charge in [0.25, 0.3) is 0 Å². The molecule has 2 atom stereocenters. The predicted octanol–water partition coefficient (Wildman–Crippen LogP) is 3.48. The third-order valence-corrected chi connectivity index (χ3v) is 4.48.